The zero-order valence-electron chi connectivity index (χ0n) is 13.1. The van der Waals surface area contributed by atoms with Crippen LogP contribution in [0.5, 0.6) is 5.75 Å². The van der Waals surface area contributed by atoms with E-state index in [0.29, 0.717) is 10.9 Å². The summed E-state index contributed by atoms with van der Waals surface area (Å²) >= 11 is 6.23. The molecule has 0 saturated heterocycles. The summed E-state index contributed by atoms with van der Waals surface area (Å²) in [7, 11) is 0. The minimum absolute atomic E-state index is 0.0302. The number of carbonyl (C=O) groups is 1. The van der Waals surface area contributed by atoms with Crippen molar-refractivity contribution in [1.82, 2.24) is 9.38 Å². The van der Waals surface area contributed by atoms with E-state index >= 15 is 0 Å². The number of carbonyl (C=O) groups excluding carboxylic acids is 1. The molecule has 26 heavy (non-hydrogen) atoms. The van der Waals surface area contributed by atoms with Gasteiger partial charge in [-0.2, -0.15) is 0 Å². The lowest BCUT2D eigenvalue weighted by Gasteiger charge is -2.09. The number of benzene rings is 2. The van der Waals surface area contributed by atoms with Crippen molar-refractivity contribution in [2.24, 2.45) is 0 Å². The SMILES string of the molecule is O=C(c1cc(Cl)c2nc3ccccc3c(=O)n2c1)c1cc(F)ccc1O. The van der Waals surface area contributed by atoms with Crippen molar-refractivity contribution in [3.8, 4) is 5.75 Å². The molecular weight excluding hydrogens is 359 g/mol. The van der Waals surface area contributed by atoms with Crippen LogP contribution in [-0.2, 0) is 0 Å². The van der Waals surface area contributed by atoms with Gasteiger partial charge in [0, 0.05) is 11.8 Å². The fourth-order valence-corrected chi connectivity index (χ4v) is 3.03. The third kappa shape index (κ3) is 2.51. The Morgan fingerprint density at radius 1 is 1.15 bits per heavy atom. The highest BCUT2D eigenvalue weighted by atomic mass is 35.5. The molecule has 0 spiro atoms. The van der Waals surface area contributed by atoms with Crippen molar-refractivity contribution >= 4 is 33.9 Å². The first kappa shape index (κ1) is 16.2. The van der Waals surface area contributed by atoms with Gasteiger partial charge >= 0.3 is 0 Å². The van der Waals surface area contributed by atoms with Gasteiger partial charge in [-0.25, -0.2) is 9.37 Å². The Labute approximate surface area is 150 Å². The molecule has 0 saturated carbocycles. The number of phenols is 1. The van der Waals surface area contributed by atoms with Crippen LogP contribution in [0.4, 0.5) is 4.39 Å². The number of para-hydroxylation sites is 1. The average Bonchev–Trinajstić information content (AvgIpc) is 2.64. The number of halogens is 2. The number of aromatic nitrogens is 2. The van der Waals surface area contributed by atoms with Crippen LogP contribution in [0, 0.1) is 5.82 Å². The minimum atomic E-state index is -0.664. The lowest BCUT2D eigenvalue weighted by atomic mass is 10.0. The molecule has 7 heteroatoms. The molecule has 5 nitrogen and oxygen atoms in total. The predicted octanol–water partition coefficient (Wildman–Crippen LogP) is 3.58. The summed E-state index contributed by atoms with van der Waals surface area (Å²) in [6.07, 6.45) is 1.29. The molecular formula is C19H10ClFN2O3. The second kappa shape index (κ2) is 5.93. The summed E-state index contributed by atoms with van der Waals surface area (Å²) in [6, 6.07) is 11.2. The summed E-state index contributed by atoms with van der Waals surface area (Å²) < 4.78 is 14.6. The molecule has 128 valence electrons. The van der Waals surface area contributed by atoms with Gasteiger partial charge in [0.1, 0.15) is 11.6 Å². The molecule has 1 N–H and O–H groups in total. The number of nitrogens with zero attached hydrogens (tertiary/aromatic N) is 2. The molecule has 2 aromatic carbocycles. The number of hydrogen-bond acceptors (Lipinski definition) is 4. The normalized spacial score (nSPS) is 11.2. The zero-order valence-corrected chi connectivity index (χ0v) is 13.9. The Kier molecular flexibility index (Phi) is 3.70. The Bertz CT molecular complexity index is 1270. The lowest BCUT2D eigenvalue weighted by molar-refractivity contribution is 0.103. The van der Waals surface area contributed by atoms with Crippen molar-refractivity contribution in [2.45, 2.75) is 0 Å². The zero-order chi connectivity index (χ0) is 18.4. The van der Waals surface area contributed by atoms with E-state index in [1.54, 1.807) is 24.3 Å². The van der Waals surface area contributed by atoms with Crippen LogP contribution < -0.4 is 5.56 Å². The molecule has 2 heterocycles. The maximum atomic E-state index is 13.4. The van der Waals surface area contributed by atoms with E-state index in [-0.39, 0.29) is 33.1 Å². The highest BCUT2D eigenvalue weighted by Gasteiger charge is 2.18. The van der Waals surface area contributed by atoms with Gasteiger partial charge in [-0.1, -0.05) is 23.7 Å². The lowest BCUT2D eigenvalue weighted by Crippen LogP contribution is -2.17. The van der Waals surface area contributed by atoms with Crippen molar-refractivity contribution in [2.75, 3.05) is 0 Å². The second-order valence-electron chi connectivity index (χ2n) is 5.70. The fourth-order valence-electron chi connectivity index (χ4n) is 2.78. The van der Waals surface area contributed by atoms with E-state index in [4.69, 9.17) is 11.6 Å². The number of rotatable bonds is 2. The molecule has 2 aromatic heterocycles. The number of pyridine rings is 1. The fraction of sp³-hybridized carbons (Fsp3) is 0. The van der Waals surface area contributed by atoms with Crippen LogP contribution in [0.25, 0.3) is 16.6 Å². The van der Waals surface area contributed by atoms with Crippen LogP contribution >= 0.6 is 11.6 Å². The van der Waals surface area contributed by atoms with E-state index in [1.165, 1.54) is 16.7 Å². The molecule has 0 amide bonds. The molecule has 0 aliphatic carbocycles. The van der Waals surface area contributed by atoms with Crippen LogP contribution in [0.1, 0.15) is 15.9 Å². The van der Waals surface area contributed by atoms with Crippen molar-refractivity contribution < 1.29 is 14.3 Å². The van der Waals surface area contributed by atoms with Gasteiger partial charge in [0.2, 0.25) is 0 Å². The van der Waals surface area contributed by atoms with Crippen LogP contribution in [-0.4, -0.2) is 20.3 Å². The number of aromatic hydroxyl groups is 1. The summed E-state index contributed by atoms with van der Waals surface area (Å²) in [5, 5.41) is 10.3. The van der Waals surface area contributed by atoms with E-state index in [9.17, 15) is 19.1 Å². The maximum absolute atomic E-state index is 13.4. The summed E-state index contributed by atoms with van der Waals surface area (Å²) in [5.74, 6) is -1.69. The smallest absolute Gasteiger partial charge is 0.265 e. The van der Waals surface area contributed by atoms with Gasteiger partial charge in [-0.05, 0) is 36.4 Å². The second-order valence-corrected chi connectivity index (χ2v) is 6.10. The van der Waals surface area contributed by atoms with Gasteiger partial charge < -0.3 is 5.11 Å². The van der Waals surface area contributed by atoms with Crippen LogP contribution in [0.3, 0.4) is 0 Å². The molecule has 0 bridgehead atoms. The third-order valence-corrected chi connectivity index (χ3v) is 4.32. The van der Waals surface area contributed by atoms with Gasteiger partial charge in [0.05, 0.1) is 21.5 Å². The monoisotopic (exact) mass is 368 g/mol. The summed E-state index contributed by atoms with van der Waals surface area (Å²) in [5.41, 5.74) is 0.118. The van der Waals surface area contributed by atoms with E-state index in [1.807, 2.05) is 0 Å². The van der Waals surface area contributed by atoms with Gasteiger partial charge in [0.15, 0.2) is 11.4 Å². The third-order valence-electron chi connectivity index (χ3n) is 4.04. The standard InChI is InChI=1S/C19H10ClFN2O3/c20-14-7-10(17(25)13-8-11(21)5-6-16(13)24)9-23-18(14)22-15-4-2-1-3-12(15)19(23)26/h1-9,24H. The predicted molar refractivity (Wildman–Crippen MR) is 95.5 cm³/mol. The molecule has 0 aliphatic rings. The van der Waals surface area contributed by atoms with Crippen LogP contribution in [0.15, 0.2) is 59.5 Å². The topological polar surface area (TPSA) is 71.7 Å². The maximum Gasteiger partial charge on any atom is 0.265 e. The Balaban J connectivity index is 1.99. The van der Waals surface area contributed by atoms with E-state index in [2.05, 4.69) is 4.98 Å². The first-order valence-electron chi connectivity index (χ1n) is 7.59. The van der Waals surface area contributed by atoms with E-state index in [0.717, 1.165) is 18.2 Å². The molecule has 4 rings (SSSR count). The van der Waals surface area contributed by atoms with Gasteiger partial charge in [-0.3, -0.25) is 14.0 Å². The first-order valence-corrected chi connectivity index (χ1v) is 7.97. The molecule has 0 fully saturated rings. The summed E-state index contributed by atoms with van der Waals surface area (Å²) in [4.78, 5) is 29.7. The van der Waals surface area contributed by atoms with Gasteiger partial charge in [-0.15, -0.1) is 0 Å². The number of ketones is 1. The van der Waals surface area contributed by atoms with E-state index < -0.39 is 11.6 Å². The van der Waals surface area contributed by atoms with Crippen molar-refractivity contribution in [3.63, 3.8) is 0 Å². The van der Waals surface area contributed by atoms with Crippen molar-refractivity contribution in [3.05, 3.63) is 87.0 Å². The number of fused-ring (bicyclic) bond motifs is 2. The molecule has 0 unspecified atom stereocenters. The van der Waals surface area contributed by atoms with Gasteiger partial charge in [0.25, 0.3) is 5.56 Å². The largest absolute Gasteiger partial charge is 0.507 e. The van der Waals surface area contributed by atoms with Crippen molar-refractivity contribution in [1.29, 1.82) is 0 Å². The molecule has 0 aliphatic heterocycles. The highest BCUT2D eigenvalue weighted by molar-refractivity contribution is 6.34. The molecule has 0 atom stereocenters. The average molecular weight is 369 g/mol. The number of phenolic OH excluding ortho intramolecular Hbond substituents is 1. The molecule has 0 radical (unpaired) electrons. The highest BCUT2D eigenvalue weighted by Crippen LogP contribution is 2.24. The Morgan fingerprint density at radius 3 is 2.73 bits per heavy atom. The first-order chi connectivity index (χ1) is 12.5. The Hall–Kier alpha value is -3.25. The number of hydrogen-bond donors (Lipinski definition) is 1. The molecule has 4 aromatic rings. The Morgan fingerprint density at radius 2 is 1.92 bits per heavy atom. The minimum Gasteiger partial charge on any atom is -0.507 e. The quantitative estimate of drug-likeness (QED) is 0.433. The summed E-state index contributed by atoms with van der Waals surface area (Å²) in [6.45, 7) is 0. The van der Waals surface area contributed by atoms with Crippen LogP contribution in [0.2, 0.25) is 5.02 Å².